The predicted octanol–water partition coefficient (Wildman–Crippen LogP) is 3.11. The van der Waals surface area contributed by atoms with Crippen LogP contribution in [0.3, 0.4) is 0 Å². The lowest BCUT2D eigenvalue weighted by Gasteiger charge is -2.07. The van der Waals surface area contributed by atoms with Crippen molar-refractivity contribution < 1.29 is 9.31 Å². The van der Waals surface area contributed by atoms with Crippen molar-refractivity contribution >= 4 is 28.3 Å². The standard InChI is InChI=1S/C9H8FINO2/c1-6(5-10)7-3-2-4-8(11)9(7)12(13)14/h2-4H,5H2,1H3. The molecule has 1 rings (SSSR count). The average Bonchev–Trinajstić information content (AvgIpc) is 2.15. The number of benzene rings is 1. The van der Waals surface area contributed by atoms with E-state index >= 15 is 0 Å². The molecule has 0 aliphatic rings. The van der Waals surface area contributed by atoms with E-state index in [4.69, 9.17) is 0 Å². The Bertz CT molecular complexity index is 357. The molecule has 0 unspecified atom stereocenters. The Morgan fingerprint density at radius 2 is 2.29 bits per heavy atom. The summed E-state index contributed by atoms with van der Waals surface area (Å²) in [5.41, 5.74) is 0.368. The van der Waals surface area contributed by atoms with Gasteiger partial charge in [-0.3, -0.25) is 14.5 Å². The number of nitrogens with zero attached hydrogens (tertiary/aromatic N) is 1. The van der Waals surface area contributed by atoms with Gasteiger partial charge in [0.15, 0.2) is 0 Å². The molecular formula is C9H8FINO2. The number of hydrogen-bond acceptors (Lipinski definition) is 2. The van der Waals surface area contributed by atoms with E-state index in [0.29, 0.717) is 15.1 Å². The maximum atomic E-state index is 12.4. The SMILES string of the molecule is C[C](CF)c1cccc(I)c1[N+](=O)[O-]. The van der Waals surface area contributed by atoms with Crippen molar-refractivity contribution in [1.82, 2.24) is 0 Å². The Labute approximate surface area is 94.6 Å². The molecule has 0 fully saturated rings. The fourth-order valence-electron chi connectivity index (χ4n) is 1.12. The van der Waals surface area contributed by atoms with Gasteiger partial charge in [-0.2, -0.15) is 0 Å². The number of alkyl halides is 1. The third kappa shape index (κ3) is 2.20. The van der Waals surface area contributed by atoms with Gasteiger partial charge in [0, 0.05) is 11.5 Å². The van der Waals surface area contributed by atoms with Crippen LogP contribution in [0.4, 0.5) is 10.1 Å². The largest absolute Gasteiger partial charge is 0.286 e. The van der Waals surface area contributed by atoms with E-state index in [1.807, 2.05) is 22.6 Å². The van der Waals surface area contributed by atoms with Crippen LogP contribution in [0.2, 0.25) is 0 Å². The third-order valence-corrected chi connectivity index (χ3v) is 2.70. The van der Waals surface area contributed by atoms with Crippen LogP contribution in [0.15, 0.2) is 18.2 Å². The van der Waals surface area contributed by atoms with Gasteiger partial charge >= 0.3 is 0 Å². The van der Waals surface area contributed by atoms with Gasteiger partial charge in [0.1, 0.15) is 0 Å². The molecule has 0 saturated heterocycles. The Kier molecular flexibility index (Phi) is 3.79. The van der Waals surface area contributed by atoms with Gasteiger partial charge in [-0.15, -0.1) is 0 Å². The molecule has 0 saturated carbocycles. The van der Waals surface area contributed by atoms with Crippen molar-refractivity contribution in [3.8, 4) is 0 Å². The lowest BCUT2D eigenvalue weighted by molar-refractivity contribution is -0.386. The fourth-order valence-corrected chi connectivity index (χ4v) is 1.81. The molecule has 75 valence electrons. The van der Waals surface area contributed by atoms with Crippen molar-refractivity contribution in [2.45, 2.75) is 6.92 Å². The number of rotatable bonds is 3. The molecule has 0 aliphatic carbocycles. The van der Waals surface area contributed by atoms with Crippen molar-refractivity contribution in [2.24, 2.45) is 0 Å². The van der Waals surface area contributed by atoms with Crippen LogP contribution in [0, 0.1) is 19.6 Å². The maximum absolute atomic E-state index is 12.4. The van der Waals surface area contributed by atoms with Gasteiger partial charge in [0.25, 0.3) is 5.69 Å². The van der Waals surface area contributed by atoms with E-state index in [1.54, 1.807) is 25.1 Å². The highest BCUT2D eigenvalue weighted by Crippen LogP contribution is 2.30. The first kappa shape index (κ1) is 11.4. The summed E-state index contributed by atoms with van der Waals surface area (Å²) in [5.74, 6) is 0.384. The van der Waals surface area contributed by atoms with E-state index in [9.17, 15) is 14.5 Å². The Morgan fingerprint density at radius 1 is 1.64 bits per heavy atom. The number of para-hydroxylation sites is 1. The average molecular weight is 308 g/mol. The minimum atomic E-state index is -0.666. The summed E-state index contributed by atoms with van der Waals surface area (Å²) in [6.07, 6.45) is 0. The quantitative estimate of drug-likeness (QED) is 0.489. The smallest absolute Gasteiger partial charge is 0.258 e. The molecule has 3 nitrogen and oxygen atoms in total. The summed E-state index contributed by atoms with van der Waals surface area (Å²) in [7, 11) is 0. The molecule has 5 heteroatoms. The maximum Gasteiger partial charge on any atom is 0.286 e. The number of nitro benzene ring substituents is 1. The van der Waals surface area contributed by atoms with E-state index < -0.39 is 11.6 Å². The van der Waals surface area contributed by atoms with E-state index in [0.717, 1.165) is 0 Å². The summed E-state index contributed by atoms with van der Waals surface area (Å²) in [5, 5.41) is 10.7. The van der Waals surface area contributed by atoms with Crippen LogP contribution in [-0.2, 0) is 0 Å². The molecule has 0 atom stereocenters. The van der Waals surface area contributed by atoms with Gasteiger partial charge in [0.2, 0.25) is 0 Å². The normalized spacial score (nSPS) is 10.6. The van der Waals surface area contributed by atoms with Crippen LogP contribution >= 0.6 is 22.6 Å². The monoisotopic (exact) mass is 308 g/mol. The molecule has 0 spiro atoms. The van der Waals surface area contributed by atoms with E-state index in [2.05, 4.69) is 0 Å². The first-order valence-corrected chi connectivity index (χ1v) is 4.97. The van der Waals surface area contributed by atoms with Gasteiger partial charge < -0.3 is 0 Å². The van der Waals surface area contributed by atoms with Gasteiger partial charge in [0.05, 0.1) is 15.2 Å². The lowest BCUT2D eigenvalue weighted by atomic mass is 10.0. The molecule has 1 aromatic rings. The molecule has 0 aliphatic heterocycles. The van der Waals surface area contributed by atoms with E-state index in [-0.39, 0.29) is 5.69 Å². The second-order valence-electron chi connectivity index (χ2n) is 2.81. The molecule has 0 amide bonds. The summed E-state index contributed by atoms with van der Waals surface area (Å²) >= 11 is 1.87. The van der Waals surface area contributed by atoms with Gasteiger partial charge in [-0.05, 0) is 28.7 Å². The Hall–Kier alpha value is -0.720. The molecule has 0 bridgehead atoms. The second kappa shape index (κ2) is 4.68. The van der Waals surface area contributed by atoms with Gasteiger partial charge in [-0.1, -0.05) is 19.1 Å². The molecule has 1 radical (unpaired) electrons. The minimum absolute atomic E-state index is 0.0109. The van der Waals surface area contributed by atoms with Crippen LogP contribution in [0.5, 0.6) is 0 Å². The highest BCUT2D eigenvalue weighted by Gasteiger charge is 2.22. The Balaban J connectivity index is 3.28. The number of nitro groups is 1. The van der Waals surface area contributed by atoms with Crippen molar-refractivity contribution in [3.63, 3.8) is 0 Å². The topological polar surface area (TPSA) is 43.1 Å². The first-order valence-electron chi connectivity index (χ1n) is 3.89. The summed E-state index contributed by atoms with van der Waals surface area (Å²) in [6, 6.07) is 4.88. The predicted molar refractivity (Wildman–Crippen MR) is 59.8 cm³/mol. The molecular weight excluding hydrogens is 300 g/mol. The zero-order valence-corrected chi connectivity index (χ0v) is 9.62. The van der Waals surface area contributed by atoms with Crippen LogP contribution in [-0.4, -0.2) is 11.6 Å². The zero-order valence-electron chi connectivity index (χ0n) is 7.46. The fraction of sp³-hybridized carbons (Fsp3) is 0.222. The summed E-state index contributed by atoms with van der Waals surface area (Å²) in [6.45, 7) is 0.888. The lowest BCUT2D eigenvalue weighted by Crippen LogP contribution is -2.03. The Morgan fingerprint density at radius 3 is 2.79 bits per heavy atom. The summed E-state index contributed by atoms with van der Waals surface area (Å²) in [4.78, 5) is 10.3. The second-order valence-corrected chi connectivity index (χ2v) is 3.97. The molecule has 0 N–H and O–H groups in total. The van der Waals surface area contributed by atoms with Crippen molar-refractivity contribution in [2.75, 3.05) is 6.67 Å². The highest BCUT2D eigenvalue weighted by molar-refractivity contribution is 14.1. The van der Waals surface area contributed by atoms with E-state index in [1.165, 1.54) is 0 Å². The minimum Gasteiger partial charge on any atom is -0.258 e. The summed E-state index contributed by atoms with van der Waals surface area (Å²) < 4.78 is 12.9. The molecule has 1 aromatic carbocycles. The first-order chi connectivity index (χ1) is 6.57. The number of halogens is 2. The van der Waals surface area contributed by atoms with Crippen LogP contribution in [0.1, 0.15) is 12.5 Å². The third-order valence-electron chi connectivity index (χ3n) is 1.83. The molecule has 0 heterocycles. The molecule has 14 heavy (non-hydrogen) atoms. The molecule has 0 aromatic heterocycles. The van der Waals surface area contributed by atoms with Gasteiger partial charge in [-0.25, -0.2) is 0 Å². The van der Waals surface area contributed by atoms with Crippen LogP contribution in [0.25, 0.3) is 0 Å². The van der Waals surface area contributed by atoms with Crippen molar-refractivity contribution in [1.29, 1.82) is 0 Å². The van der Waals surface area contributed by atoms with Crippen LogP contribution < -0.4 is 0 Å². The highest BCUT2D eigenvalue weighted by atomic mass is 127. The number of hydrogen-bond donors (Lipinski definition) is 0. The van der Waals surface area contributed by atoms with Crippen molar-refractivity contribution in [3.05, 3.63) is 43.4 Å². The zero-order chi connectivity index (χ0) is 10.7.